The number of nitrogens with one attached hydrogen (secondary N) is 1. The first-order chi connectivity index (χ1) is 5.81. The fourth-order valence-corrected chi connectivity index (χ4v) is 0.429. The minimum atomic E-state index is -0.326. The molecule has 0 atom stereocenters. The minimum Gasteiger partial charge on any atom is -0.466 e. The molecule has 0 radical (unpaired) electrons. The Hall–Kier alpha value is -1.41. The first-order valence-corrected chi connectivity index (χ1v) is 3.62. The van der Waals surface area contributed by atoms with E-state index in [4.69, 9.17) is 10.2 Å². The van der Waals surface area contributed by atoms with Crippen LogP contribution in [0.3, 0.4) is 0 Å². The number of hydrogen-bond acceptors (Lipinski definition) is 4. The molecule has 0 heterocycles. The van der Waals surface area contributed by atoms with E-state index < -0.39 is 0 Å². The van der Waals surface area contributed by atoms with Gasteiger partial charge in [-0.2, -0.15) is 0 Å². The number of carbonyl (C=O) groups excluding carboxylic acids is 2. The summed E-state index contributed by atoms with van der Waals surface area (Å²) in [7, 11) is 1.36. The van der Waals surface area contributed by atoms with Gasteiger partial charge in [0.1, 0.15) is 0 Å². The molecule has 0 aliphatic carbocycles. The lowest BCUT2D eigenvalue weighted by Crippen LogP contribution is -2.17. The third kappa shape index (κ3) is 6.97. The van der Waals surface area contributed by atoms with Crippen LogP contribution in [0.1, 0.15) is 20.8 Å². The predicted octanol–water partition coefficient (Wildman–Crippen LogP) is 1.66. The van der Waals surface area contributed by atoms with Crippen molar-refractivity contribution < 1.29 is 14.3 Å². The van der Waals surface area contributed by atoms with Gasteiger partial charge in [0.05, 0.1) is 7.11 Å². The summed E-state index contributed by atoms with van der Waals surface area (Å²) in [5.41, 5.74) is 0.322. The van der Waals surface area contributed by atoms with Gasteiger partial charge >= 0.3 is 5.97 Å². The fraction of sp³-hybridized carbons (Fsp3) is 0.556. The lowest BCUT2D eigenvalue weighted by Gasteiger charge is -2.18. The van der Waals surface area contributed by atoms with E-state index in [1.165, 1.54) is 7.11 Å². The maximum atomic E-state index is 10.8. The molecule has 0 fully saturated rings. The Balaban J connectivity index is 0. The van der Waals surface area contributed by atoms with Crippen molar-refractivity contribution in [3.63, 3.8) is 0 Å². The van der Waals surface area contributed by atoms with Crippen LogP contribution in [0.4, 0.5) is 0 Å². The third-order valence-electron chi connectivity index (χ3n) is 1.34. The van der Waals surface area contributed by atoms with Gasteiger partial charge in [-0.15, -0.1) is 0 Å². The van der Waals surface area contributed by atoms with Crippen molar-refractivity contribution in [3.8, 4) is 0 Å². The Bertz CT molecular complexity index is 220. The van der Waals surface area contributed by atoms with Crippen LogP contribution in [0.25, 0.3) is 0 Å². The van der Waals surface area contributed by atoms with Crippen molar-refractivity contribution in [2.45, 2.75) is 20.8 Å². The smallest absolute Gasteiger partial charge is 0.333 e. The average molecular weight is 185 g/mol. The molecule has 4 nitrogen and oxygen atoms in total. The molecule has 0 saturated carbocycles. The molecule has 0 aromatic rings. The van der Waals surface area contributed by atoms with E-state index in [2.05, 4.69) is 11.3 Å². The number of ether oxygens (including phenoxy) is 1. The van der Waals surface area contributed by atoms with E-state index >= 15 is 0 Å². The summed E-state index contributed by atoms with van der Waals surface area (Å²) < 4.78 is 4.50. The predicted molar refractivity (Wildman–Crippen MR) is 49.0 cm³/mol. The number of hydrogen-bond donors (Lipinski definition) is 1. The standard InChI is InChI=1S/C8H14O2.CHNO/c1-6(7(9)10-5)8(2,3)4;2-1-3/h1H2,2-5H3;2H. The maximum absolute atomic E-state index is 10.8. The Kier molecular flexibility index (Phi) is 6.68. The molecule has 0 spiro atoms. The van der Waals surface area contributed by atoms with E-state index in [9.17, 15) is 4.79 Å². The van der Waals surface area contributed by atoms with Crippen LogP contribution in [-0.2, 0) is 14.3 Å². The molecule has 0 rings (SSSR count). The van der Waals surface area contributed by atoms with E-state index in [1.807, 2.05) is 20.8 Å². The molecule has 0 bridgehead atoms. The minimum absolute atomic E-state index is 0.187. The SMILES string of the molecule is C=C(C(=O)OC)C(C)(C)C.N=C=O. The van der Waals surface area contributed by atoms with Gasteiger partial charge in [0.2, 0.25) is 6.08 Å². The van der Waals surface area contributed by atoms with E-state index in [0.717, 1.165) is 6.08 Å². The van der Waals surface area contributed by atoms with Gasteiger partial charge in [0.15, 0.2) is 0 Å². The highest BCUT2D eigenvalue weighted by molar-refractivity contribution is 5.88. The average Bonchev–Trinajstić information content (AvgIpc) is 2.01. The quantitative estimate of drug-likeness (QED) is 0.292. The Morgan fingerprint density at radius 3 is 1.85 bits per heavy atom. The third-order valence-corrected chi connectivity index (χ3v) is 1.34. The summed E-state index contributed by atoms with van der Waals surface area (Å²) in [6.07, 6.45) is 0.750. The molecule has 0 saturated heterocycles. The normalized spacial score (nSPS) is 8.92. The number of isocyanates is 1. The number of esters is 1. The van der Waals surface area contributed by atoms with Crippen molar-refractivity contribution in [1.29, 1.82) is 5.41 Å². The molecule has 0 aromatic carbocycles. The molecule has 4 heteroatoms. The Morgan fingerprint density at radius 1 is 1.46 bits per heavy atom. The van der Waals surface area contributed by atoms with Crippen LogP contribution in [-0.4, -0.2) is 19.2 Å². The molecule has 0 aliphatic rings. The van der Waals surface area contributed by atoms with Gasteiger partial charge in [0.25, 0.3) is 0 Å². The molecule has 1 N–H and O–H groups in total. The number of methoxy groups -OCH3 is 1. The van der Waals surface area contributed by atoms with Crippen molar-refractivity contribution in [2.24, 2.45) is 5.41 Å². The van der Waals surface area contributed by atoms with Crippen LogP contribution in [0, 0.1) is 10.8 Å². The van der Waals surface area contributed by atoms with Gasteiger partial charge in [-0.25, -0.2) is 15.0 Å². The van der Waals surface area contributed by atoms with Crippen molar-refractivity contribution in [1.82, 2.24) is 0 Å². The van der Waals surface area contributed by atoms with E-state index in [-0.39, 0.29) is 11.4 Å². The topological polar surface area (TPSA) is 67.2 Å². The fourth-order valence-electron chi connectivity index (χ4n) is 0.429. The molecule has 0 unspecified atom stereocenters. The zero-order valence-electron chi connectivity index (χ0n) is 8.43. The highest BCUT2D eigenvalue weighted by atomic mass is 16.5. The maximum Gasteiger partial charge on any atom is 0.333 e. The highest BCUT2D eigenvalue weighted by Gasteiger charge is 2.21. The van der Waals surface area contributed by atoms with Crippen LogP contribution < -0.4 is 0 Å². The number of rotatable bonds is 1. The van der Waals surface area contributed by atoms with Crippen molar-refractivity contribution in [2.75, 3.05) is 7.11 Å². The van der Waals surface area contributed by atoms with Crippen LogP contribution in [0.5, 0.6) is 0 Å². The van der Waals surface area contributed by atoms with E-state index in [1.54, 1.807) is 0 Å². The summed E-state index contributed by atoms with van der Waals surface area (Å²) >= 11 is 0. The second-order valence-corrected chi connectivity index (χ2v) is 3.32. The molecule has 74 valence electrons. The molecular formula is C9H15NO3. The molecule has 13 heavy (non-hydrogen) atoms. The molecular weight excluding hydrogens is 170 g/mol. The summed E-state index contributed by atoms with van der Waals surface area (Å²) in [6, 6.07) is 0. The Labute approximate surface area is 78.1 Å². The zero-order valence-corrected chi connectivity index (χ0v) is 8.43. The first-order valence-electron chi connectivity index (χ1n) is 3.62. The van der Waals surface area contributed by atoms with Gasteiger partial charge in [-0.1, -0.05) is 27.4 Å². The lowest BCUT2D eigenvalue weighted by molar-refractivity contribution is -0.137. The van der Waals surface area contributed by atoms with E-state index in [0.29, 0.717) is 5.57 Å². The summed E-state index contributed by atoms with van der Waals surface area (Å²) in [6.45, 7) is 9.39. The highest BCUT2D eigenvalue weighted by Crippen LogP contribution is 2.23. The van der Waals surface area contributed by atoms with Gasteiger partial charge < -0.3 is 4.74 Å². The number of carbonyl (C=O) groups is 1. The molecule has 0 amide bonds. The van der Waals surface area contributed by atoms with Gasteiger partial charge in [0, 0.05) is 5.57 Å². The largest absolute Gasteiger partial charge is 0.466 e. The van der Waals surface area contributed by atoms with Crippen molar-refractivity contribution in [3.05, 3.63) is 12.2 Å². The second kappa shape index (κ2) is 6.14. The van der Waals surface area contributed by atoms with Crippen molar-refractivity contribution >= 4 is 12.0 Å². The summed E-state index contributed by atoms with van der Waals surface area (Å²) in [4.78, 5) is 19.2. The van der Waals surface area contributed by atoms with Gasteiger partial charge in [-0.3, -0.25) is 0 Å². The van der Waals surface area contributed by atoms with Crippen LogP contribution >= 0.6 is 0 Å². The summed E-state index contributed by atoms with van der Waals surface area (Å²) in [5, 5.41) is 5.40. The monoisotopic (exact) mass is 185 g/mol. The van der Waals surface area contributed by atoms with Gasteiger partial charge in [-0.05, 0) is 5.41 Å². The lowest BCUT2D eigenvalue weighted by atomic mass is 9.88. The molecule has 0 aromatic heterocycles. The first kappa shape index (κ1) is 14.1. The Morgan fingerprint density at radius 2 is 1.77 bits per heavy atom. The summed E-state index contributed by atoms with van der Waals surface area (Å²) in [5.74, 6) is -0.326. The van der Waals surface area contributed by atoms with Crippen LogP contribution in [0.15, 0.2) is 12.2 Å². The van der Waals surface area contributed by atoms with Crippen LogP contribution in [0.2, 0.25) is 0 Å². The molecule has 0 aliphatic heterocycles. The second-order valence-electron chi connectivity index (χ2n) is 3.32. The zero-order chi connectivity index (χ0) is 11.1.